The first-order valence-electron chi connectivity index (χ1n) is 9.43. The van der Waals surface area contributed by atoms with Gasteiger partial charge in [-0.15, -0.1) is 0 Å². The Labute approximate surface area is 173 Å². The number of rotatable bonds is 4. The highest BCUT2D eigenvalue weighted by molar-refractivity contribution is 6.31. The number of hydrogen-bond acceptors (Lipinski definition) is 4. The minimum atomic E-state index is -0.491. The fourth-order valence-corrected chi connectivity index (χ4v) is 3.91. The molecule has 29 heavy (non-hydrogen) atoms. The van der Waals surface area contributed by atoms with Gasteiger partial charge in [-0.05, 0) is 67.1 Å². The van der Waals surface area contributed by atoms with Crippen LogP contribution in [0.2, 0.25) is 5.02 Å². The number of nitrogens with zero attached hydrogens (tertiary/aromatic N) is 2. The zero-order chi connectivity index (χ0) is 20.4. The summed E-state index contributed by atoms with van der Waals surface area (Å²) in [7, 11) is 1.62. The Morgan fingerprint density at radius 1 is 1.14 bits per heavy atom. The summed E-state index contributed by atoms with van der Waals surface area (Å²) in [4.78, 5) is 4.76. The molecule has 0 amide bonds. The average Bonchev–Trinajstić information content (AvgIpc) is 2.75. The standard InChI is InChI=1S/C23H19ClFN3O/c1-29-16-9-6-14(7-10-16)22-17-4-2-3-5-21(17)28-23(18(22)13-26)27-15-8-11-20(25)19(24)12-15/h6-12H,2-5H2,1H3,(H,27,28). The van der Waals surface area contributed by atoms with Gasteiger partial charge in [-0.25, -0.2) is 9.37 Å². The van der Waals surface area contributed by atoms with Gasteiger partial charge in [0.05, 0.1) is 12.1 Å². The fraction of sp³-hybridized carbons (Fsp3) is 0.217. The molecule has 0 saturated carbocycles. The van der Waals surface area contributed by atoms with Crippen LogP contribution < -0.4 is 10.1 Å². The third-order valence-corrected chi connectivity index (χ3v) is 5.44. The Bertz CT molecular complexity index is 1110. The van der Waals surface area contributed by atoms with E-state index in [2.05, 4.69) is 11.4 Å². The number of nitrogens with one attached hydrogen (secondary N) is 1. The highest BCUT2D eigenvalue weighted by atomic mass is 35.5. The normalized spacial score (nSPS) is 12.8. The molecule has 0 radical (unpaired) electrons. The van der Waals surface area contributed by atoms with Crippen molar-refractivity contribution in [2.45, 2.75) is 25.7 Å². The van der Waals surface area contributed by atoms with Gasteiger partial charge < -0.3 is 10.1 Å². The molecule has 0 aliphatic heterocycles. The third kappa shape index (κ3) is 3.76. The van der Waals surface area contributed by atoms with Crippen molar-refractivity contribution in [3.63, 3.8) is 0 Å². The smallest absolute Gasteiger partial charge is 0.149 e. The Balaban J connectivity index is 1.87. The van der Waals surface area contributed by atoms with E-state index >= 15 is 0 Å². The van der Waals surface area contributed by atoms with Gasteiger partial charge in [0.25, 0.3) is 0 Å². The summed E-state index contributed by atoms with van der Waals surface area (Å²) in [5, 5.41) is 13.2. The van der Waals surface area contributed by atoms with Crippen molar-refractivity contribution < 1.29 is 9.13 Å². The molecule has 0 spiro atoms. The van der Waals surface area contributed by atoms with Crippen LogP contribution in [0, 0.1) is 17.1 Å². The molecule has 6 heteroatoms. The molecular formula is C23H19ClFN3O. The second-order valence-electron chi connectivity index (χ2n) is 6.94. The van der Waals surface area contributed by atoms with Gasteiger partial charge in [-0.2, -0.15) is 5.26 Å². The topological polar surface area (TPSA) is 57.9 Å². The summed E-state index contributed by atoms with van der Waals surface area (Å²) in [5.41, 5.74) is 5.02. The van der Waals surface area contributed by atoms with Gasteiger partial charge in [-0.1, -0.05) is 23.7 Å². The molecule has 1 heterocycles. The molecule has 0 bridgehead atoms. The lowest BCUT2D eigenvalue weighted by Gasteiger charge is -2.22. The second-order valence-corrected chi connectivity index (χ2v) is 7.34. The highest BCUT2D eigenvalue weighted by Gasteiger charge is 2.23. The van der Waals surface area contributed by atoms with Crippen molar-refractivity contribution >= 4 is 23.1 Å². The first-order valence-corrected chi connectivity index (χ1v) is 9.81. The molecule has 3 aromatic rings. The van der Waals surface area contributed by atoms with Gasteiger partial charge in [0.1, 0.15) is 29.0 Å². The molecule has 1 N–H and O–H groups in total. The molecule has 0 fully saturated rings. The number of aryl methyl sites for hydroxylation is 1. The van der Waals surface area contributed by atoms with Crippen LogP contribution in [-0.4, -0.2) is 12.1 Å². The Morgan fingerprint density at radius 3 is 2.59 bits per heavy atom. The van der Waals surface area contributed by atoms with Crippen molar-refractivity contribution in [2.75, 3.05) is 12.4 Å². The maximum Gasteiger partial charge on any atom is 0.149 e. The molecule has 0 atom stereocenters. The molecular weight excluding hydrogens is 389 g/mol. The number of methoxy groups -OCH3 is 1. The van der Waals surface area contributed by atoms with Crippen molar-refractivity contribution in [3.05, 3.63) is 70.1 Å². The van der Waals surface area contributed by atoms with Crippen LogP contribution in [0.5, 0.6) is 5.75 Å². The minimum Gasteiger partial charge on any atom is -0.497 e. The van der Waals surface area contributed by atoms with Crippen LogP contribution >= 0.6 is 11.6 Å². The number of ether oxygens (including phenoxy) is 1. The third-order valence-electron chi connectivity index (χ3n) is 5.15. The number of nitriles is 1. The molecule has 4 nitrogen and oxygen atoms in total. The maximum absolute atomic E-state index is 13.5. The van der Waals surface area contributed by atoms with E-state index in [1.165, 1.54) is 12.1 Å². The molecule has 0 unspecified atom stereocenters. The van der Waals surface area contributed by atoms with Gasteiger partial charge in [0.15, 0.2) is 0 Å². The van der Waals surface area contributed by atoms with E-state index < -0.39 is 5.82 Å². The second kappa shape index (κ2) is 8.10. The van der Waals surface area contributed by atoms with Gasteiger partial charge in [-0.3, -0.25) is 0 Å². The zero-order valence-corrected chi connectivity index (χ0v) is 16.7. The van der Waals surface area contributed by atoms with Crippen LogP contribution in [0.25, 0.3) is 11.1 Å². The summed E-state index contributed by atoms with van der Waals surface area (Å²) in [6.45, 7) is 0. The number of pyridine rings is 1. The first-order chi connectivity index (χ1) is 14.1. The first kappa shape index (κ1) is 19.2. The number of anilines is 2. The zero-order valence-electron chi connectivity index (χ0n) is 15.9. The predicted molar refractivity (Wildman–Crippen MR) is 112 cm³/mol. The van der Waals surface area contributed by atoms with Crippen molar-refractivity contribution in [1.82, 2.24) is 4.98 Å². The lowest BCUT2D eigenvalue weighted by molar-refractivity contribution is 0.415. The van der Waals surface area contributed by atoms with Crippen LogP contribution in [0.3, 0.4) is 0 Å². The summed E-state index contributed by atoms with van der Waals surface area (Å²) < 4.78 is 18.8. The largest absolute Gasteiger partial charge is 0.497 e. The van der Waals surface area contributed by atoms with Crippen LogP contribution in [0.15, 0.2) is 42.5 Å². The molecule has 1 aromatic heterocycles. The summed E-state index contributed by atoms with van der Waals surface area (Å²) in [6.07, 6.45) is 3.89. The Morgan fingerprint density at radius 2 is 1.90 bits per heavy atom. The predicted octanol–water partition coefficient (Wildman–Crippen LogP) is 6.04. The van der Waals surface area contributed by atoms with E-state index in [4.69, 9.17) is 21.3 Å². The highest BCUT2D eigenvalue weighted by Crippen LogP contribution is 2.38. The summed E-state index contributed by atoms with van der Waals surface area (Å²) >= 11 is 5.91. The summed E-state index contributed by atoms with van der Waals surface area (Å²) in [5.74, 6) is 0.728. The molecule has 146 valence electrons. The van der Waals surface area contributed by atoms with Gasteiger partial charge in [0, 0.05) is 16.9 Å². The Hall–Kier alpha value is -3.10. The van der Waals surface area contributed by atoms with E-state index in [0.717, 1.165) is 53.8 Å². The maximum atomic E-state index is 13.5. The van der Waals surface area contributed by atoms with Crippen molar-refractivity contribution in [1.29, 1.82) is 5.26 Å². The SMILES string of the molecule is COc1ccc(-c2c(C#N)c(Nc3ccc(F)c(Cl)c3)nc3c2CCCC3)cc1. The van der Waals surface area contributed by atoms with Crippen molar-refractivity contribution in [3.8, 4) is 22.9 Å². The van der Waals surface area contributed by atoms with Crippen molar-refractivity contribution in [2.24, 2.45) is 0 Å². The number of halogens is 2. The lowest BCUT2D eigenvalue weighted by atomic mass is 9.86. The van der Waals surface area contributed by atoms with Crippen LogP contribution in [-0.2, 0) is 12.8 Å². The molecule has 0 saturated heterocycles. The monoisotopic (exact) mass is 407 g/mol. The van der Waals surface area contributed by atoms with Gasteiger partial charge >= 0.3 is 0 Å². The van der Waals surface area contributed by atoms with E-state index in [9.17, 15) is 9.65 Å². The van der Waals surface area contributed by atoms with E-state index in [1.807, 2.05) is 24.3 Å². The molecule has 1 aliphatic carbocycles. The van der Waals surface area contributed by atoms with Crippen LogP contribution in [0.1, 0.15) is 29.7 Å². The number of hydrogen-bond donors (Lipinski definition) is 1. The molecule has 1 aliphatic rings. The van der Waals surface area contributed by atoms with Crippen LogP contribution in [0.4, 0.5) is 15.9 Å². The lowest BCUT2D eigenvalue weighted by Crippen LogP contribution is -2.12. The number of fused-ring (bicyclic) bond motifs is 1. The number of aromatic nitrogens is 1. The van der Waals surface area contributed by atoms with E-state index in [1.54, 1.807) is 13.2 Å². The molecule has 4 rings (SSSR count). The van der Waals surface area contributed by atoms with E-state index in [0.29, 0.717) is 17.1 Å². The average molecular weight is 408 g/mol. The number of benzene rings is 2. The fourth-order valence-electron chi connectivity index (χ4n) is 3.73. The Kier molecular flexibility index (Phi) is 5.37. The summed E-state index contributed by atoms with van der Waals surface area (Å²) in [6, 6.07) is 14.4. The quantitative estimate of drug-likeness (QED) is 0.572. The minimum absolute atomic E-state index is 0.0156. The van der Waals surface area contributed by atoms with E-state index in [-0.39, 0.29) is 5.02 Å². The molecule has 2 aromatic carbocycles. The van der Waals surface area contributed by atoms with Gasteiger partial charge in [0.2, 0.25) is 0 Å².